The van der Waals surface area contributed by atoms with Gasteiger partial charge in [0, 0.05) is 11.1 Å². The number of allylic oxidation sites excluding steroid dienone is 2. The van der Waals surface area contributed by atoms with Gasteiger partial charge >= 0.3 is 42.2 Å². The third-order valence-corrected chi connectivity index (χ3v) is 3.25. The highest BCUT2D eigenvalue weighted by atomic mass is 19.4. The molecule has 0 amide bonds. The molecule has 30 heavy (non-hydrogen) atoms. The fourth-order valence-electron chi connectivity index (χ4n) is 1.75. The van der Waals surface area contributed by atoms with Gasteiger partial charge < -0.3 is 14.9 Å². The van der Waals surface area contributed by atoms with Crippen molar-refractivity contribution in [2.45, 2.75) is 44.5 Å². The molecule has 2 N–H and O–H groups in total. The molecule has 0 spiro atoms. The highest BCUT2D eigenvalue weighted by Gasteiger charge is 2.59. The molecule has 0 heterocycles. The Balaban J connectivity index is 5.70. The Morgan fingerprint density at radius 1 is 0.900 bits per heavy atom. The van der Waals surface area contributed by atoms with Crippen LogP contribution >= 0.6 is 0 Å². The Kier molecular flexibility index (Phi) is 8.70. The third-order valence-electron chi connectivity index (χ3n) is 3.25. The number of halogens is 8. The predicted octanol–water partition coefficient (Wildman–Crippen LogP) is 3.40. The first kappa shape index (κ1) is 27.0. The summed E-state index contributed by atoms with van der Waals surface area (Å²) < 4.78 is 104. The molecular weight excluding hydrogens is 444 g/mol. The Morgan fingerprint density at radius 2 is 1.40 bits per heavy atom. The van der Waals surface area contributed by atoms with Crippen LogP contribution < -0.4 is 0 Å². The van der Waals surface area contributed by atoms with Gasteiger partial charge in [-0.25, -0.2) is 9.59 Å². The SMILES string of the molecule is CC(=C(CC(=O)OC(=O)C(=CCC(F)(F)F)CC(=O)O)C(=O)O)C(F)(F)C(F)(F)F. The van der Waals surface area contributed by atoms with Gasteiger partial charge in [0.25, 0.3) is 0 Å². The lowest BCUT2D eigenvalue weighted by molar-refractivity contribution is -0.264. The maximum absolute atomic E-state index is 13.3. The molecule has 0 radical (unpaired) electrons. The van der Waals surface area contributed by atoms with Crippen molar-refractivity contribution in [3.05, 3.63) is 22.8 Å². The second-order valence-corrected chi connectivity index (χ2v) is 5.54. The van der Waals surface area contributed by atoms with Gasteiger partial charge in [-0.2, -0.15) is 35.1 Å². The molecule has 0 saturated heterocycles. The molecule has 0 aliphatic carbocycles. The first-order valence-corrected chi connectivity index (χ1v) is 7.40. The zero-order valence-electron chi connectivity index (χ0n) is 14.7. The number of hydrogen-bond acceptors (Lipinski definition) is 5. The predicted molar refractivity (Wildman–Crippen MR) is 78.1 cm³/mol. The Hall–Kier alpha value is -3.00. The zero-order chi connectivity index (χ0) is 24.1. The lowest BCUT2D eigenvalue weighted by Gasteiger charge is -2.22. The van der Waals surface area contributed by atoms with Crippen molar-refractivity contribution in [2.24, 2.45) is 0 Å². The Bertz CT molecular complexity index is 775. The van der Waals surface area contributed by atoms with Crippen LogP contribution in [0.1, 0.15) is 26.2 Å². The van der Waals surface area contributed by atoms with Crippen molar-refractivity contribution >= 4 is 23.9 Å². The Morgan fingerprint density at radius 3 is 1.77 bits per heavy atom. The van der Waals surface area contributed by atoms with Crippen LogP contribution in [0.5, 0.6) is 0 Å². The second-order valence-electron chi connectivity index (χ2n) is 5.54. The molecule has 0 aliphatic rings. The number of esters is 2. The number of aliphatic carboxylic acids is 2. The van der Waals surface area contributed by atoms with Crippen LogP contribution in [0.4, 0.5) is 35.1 Å². The van der Waals surface area contributed by atoms with Gasteiger partial charge in [0.05, 0.1) is 24.8 Å². The largest absolute Gasteiger partial charge is 0.481 e. The number of alkyl halides is 8. The van der Waals surface area contributed by atoms with E-state index in [-0.39, 0.29) is 13.0 Å². The van der Waals surface area contributed by atoms with Gasteiger partial charge in [-0.1, -0.05) is 6.08 Å². The van der Waals surface area contributed by atoms with E-state index in [4.69, 9.17) is 10.2 Å². The number of carboxylic acids is 2. The summed E-state index contributed by atoms with van der Waals surface area (Å²) >= 11 is 0. The van der Waals surface area contributed by atoms with Crippen molar-refractivity contribution in [1.82, 2.24) is 0 Å². The molecule has 0 unspecified atom stereocenters. The average molecular weight is 456 g/mol. The number of carboxylic acid groups (broad SMARTS) is 2. The number of hydrogen-bond donors (Lipinski definition) is 2. The molecule has 0 aliphatic heterocycles. The van der Waals surface area contributed by atoms with Crippen LogP contribution in [0.25, 0.3) is 0 Å². The quantitative estimate of drug-likeness (QED) is 0.249. The van der Waals surface area contributed by atoms with Gasteiger partial charge in [0.2, 0.25) is 0 Å². The summed E-state index contributed by atoms with van der Waals surface area (Å²) in [6.45, 7) is 0.0607. The molecule has 0 rings (SSSR count). The zero-order valence-corrected chi connectivity index (χ0v) is 14.7. The topological polar surface area (TPSA) is 118 Å². The van der Waals surface area contributed by atoms with Crippen LogP contribution in [0.15, 0.2) is 22.8 Å². The van der Waals surface area contributed by atoms with Crippen LogP contribution in [-0.2, 0) is 23.9 Å². The van der Waals surface area contributed by atoms with Crippen molar-refractivity contribution in [3.63, 3.8) is 0 Å². The summed E-state index contributed by atoms with van der Waals surface area (Å²) in [5.41, 5.74) is -5.06. The first-order valence-electron chi connectivity index (χ1n) is 7.40. The molecule has 170 valence electrons. The van der Waals surface area contributed by atoms with Gasteiger partial charge in [-0.3, -0.25) is 9.59 Å². The van der Waals surface area contributed by atoms with Crippen LogP contribution in [0.2, 0.25) is 0 Å². The number of rotatable bonds is 8. The standard InChI is InChI=1S/C15H12F8O7/c1-6(14(19,20)15(21,22)23)8(11(27)28)5-10(26)30-12(29)7(4-9(24)25)2-3-13(16,17)18/h2H,3-5H2,1H3,(H,24,25)(H,27,28). The summed E-state index contributed by atoms with van der Waals surface area (Å²) in [5.74, 6) is -13.9. The third kappa shape index (κ3) is 8.16. The molecule has 0 aromatic carbocycles. The highest BCUT2D eigenvalue weighted by molar-refractivity contribution is 6.01. The highest BCUT2D eigenvalue weighted by Crippen LogP contribution is 2.42. The van der Waals surface area contributed by atoms with E-state index < -0.39 is 78.1 Å². The van der Waals surface area contributed by atoms with E-state index >= 15 is 0 Å². The minimum absolute atomic E-state index is 0.0563. The van der Waals surface area contributed by atoms with Crippen LogP contribution in [-0.4, -0.2) is 52.4 Å². The Labute approximate surface area is 161 Å². The fourth-order valence-corrected chi connectivity index (χ4v) is 1.75. The van der Waals surface area contributed by atoms with E-state index in [1.54, 1.807) is 0 Å². The minimum atomic E-state index is -6.22. The summed E-state index contributed by atoms with van der Waals surface area (Å²) in [4.78, 5) is 44.8. The molecule has 0 aromatic heterocycles. The van der Waals surface area contributed by atoms with E-state index in [9.17, 15) is 54.3 Å². The van der Waals surface area contributed by atoms with Gasteiger partial charge in [-0.15, -0.1) is 0 Å². The van der Waals surface area contributed by atoms with E-state index in [1.165, 1.54) is 0 Å². The van der Waals surface area contributed by atoms with Crippen molar-refractivity contribution in [2.75, 3.05) is 0 Å². The normalized spacial score (nSPS) is 14.1. The number of carbonyl (C=O) groups is 4. The molecule has 0 atom stereocenters. The average Bonchev–Trinajstić information content (AvgIpc) is 2.53. The van der Waals surface area contributed by atoms with E-state index in [0.717, 1.165) is 0 Å². The summed E-state index contributed by atoms with van der Waals surface area (Å²) in [6.07, 6.45) is -16.0. The molecule has 0 aromatic rings. The number of carbonyl (C=O) groups excluding carboxylic acids is 2. The summed E-state index contributed by atoms with van der Waals surface area (Å²) in [6, 6.07) is 0. The molecule has 0 saturated carbocycles. The minimum Gasteiger partial charge on any atom is -0.481 e. The van der Waals surface area contributed by atoms with Crippen molar-refractivity contribution in [3.8, 4) is 0 Å². The molecule has 7 nitrogen and oxygen atoms in total. The fraction of sp³-hybridized carbons (Fsp3) is 0.467. The van der Waals surface area contributed by atoms with Crippen LogP contribution in [0, 0.1) is 0 Å². The number of ether oxygens (including phenoxy) is 1. The van der Waals surface area contributed by atoms with E-state index in [1.807, 2.05) is 0 Å². The van der Waals surface area contributed by atoms with Crippen molar-refractivity contribution in [1.29, 1.82) is 0 Å². The lowest BCUT2D eigenvalue weighted by atomic mass is 10.0. The molecular formula is C15H12F8O7. The van der Waals surface area contributed by atoms with E-state index in [0.29, 0.717) is 0 Å². The summed E-state index contributed by atoms with van der Waals surface area (Å²) in [5, 5.41) is 17.4. The monoisotopic (exact) mass is 456 g/mol. The van der Waals surface area contributed by atoms with Gasteiger partial charge in [0.1, 0.15) is 0 Å². The first-order chi connectivity index (χ1) is 13.3. The van der Waals surface area contributed by atoms with Crippen molar-refractivity contribution < 1.29 is 69.3 Å². The lowest BCUT2D eigenvalue weighted by Crippen LogP contribution is -2.39. The van der Waals surface area contributed by atoms with Gasteiger partial charge in [-0.05, 0) is 6.92 Å². The second kappa shape index (κ2) is 9.67. The van der Waals surface area contributed by atoms with E-state index in [2.05, 4.69) is 4.74 Å². The molecule has 0 bridgehead atoms. The maximum Gasteiger partial charge on any atom is 0.457 e. The summed E-state index contributed by atoms with van der Waals surface area (Å²) in [7, 11) is 0. The smallest absolute Gasteiger partial charge is 0.457 e. The maximum atomic E-state index is 13.3. The van der Waals surface area contributed by atoms with Gasteiger partial charge in [0.15, 0.2) is 0 Å². The van der Waals surface area contributed by atoms with Crippen LogP contribution in [0.3, 0.4) is 0 Å². The molecule has 15 heteroatoms. The molecule has 0 fully saturated rings.